The molecule has 3 rings (SSSR count). The number of carbonyl (C=O) groups is 1. The highest BCUT2D eigenvalue weighted by molar-refractivity contribution is 6.32. The van der Waals surface area contributed by atoms with Gasteiger partial charge in [0.1, 0.15) is 12.4 Å². The Morgan fingerprint density at radius 2 is 1.85 bits per heavy atom. The molecule has 3 aromatic carbocycles. The third kappa shape index (κ3) is 6.52. The Labute approximate surface area is 200 Å². The fourth-order valence-corrected chi connectivity index (χ4v) is 3.33. The number of amides is 1. The van der Waals surface area contributed by atoms with Gasteiger partial charge in [-0.3, -0.25) is 14.9 Å². The quantitative estimate of drug-likeness (QED) is 0.246. The standard InChI is InChI=1S/C24H21ClFN3O5/c1-2-33-22-12-16(11-19(25)24(22)34-15-18-8-3-5-9-20(18)26)14-27-28-23(30)13-17-7-4-6-10-21(17)29(31)32/h3-12,14H,2,13,15H2,1H3,(H,28,30)/b27-14+. The van der Waals surface area contributed by atoms with Gasteiger partial charge in [-0.1, -0.05) is 48.0 Å². The average molecular weight is 486 g/mol. The second-order valence-electron chi connectivity index (χ2n) is 7.00. The minimum absolute atomic E-state index is 0.0401. The van der Waals surface area contributed by atoms with Gasteiger partial charge in [-0.15, -0.1) is 0 Å². The number of nitrogens with one attached hydrogen (secondary N) is 1. The minimum Gasteiger partial charge on any atom is -0.490 e. The lowest BCUT2D eigenvalue weighted by molar-refractivity contribution is -0.385. The van der Waals surface area contributed by atoms with E-state index in [1.165, 1.54) is 30.5 Å². The first-order chi connectivity index (χ1) is 16.4. The van der Waals surface area contributed by atoms with Crippen molar-refractivity contribution in [3.05, 3.63) is 98.3 Å². The molecule has 34 heavy (non-hydrogen) atoms. The summed E-state index contributed by atoms with van der Waals surface area (Å²) in [6.45, 7) is 2.08. The van der Waals surface area contributed by atoms with Gasteiger partial charge in [-0.05, 0) is 30.7 Å². The molecule has 0 heterocycles. The Kier molecular flexibility index (Phi) is 8.53. The number of hydrogen-bond donors (Lipinski definition) is 1. The maximum atomic E-state index is 13.9. The zero-order valence-electron chi connectivity index (χ0n) is 18.2. The molecule has 0 radical (unpaired) electrons. The van der Waals surface area contributed by atoms with Crippen LogP contribution in [-0.4, -0.2) is 23.7 Å². The highest BCUT2D eigenvalue weighted by Crippen LogP contribution is 2.37. The molecular formula is C24H21ClFN3O5. The first-order valence-electron chi connectivity index (χ1n) is 10.3. The molecule has 0 unspecified atom stereocenters. The molecule has 0 aliphatic heterocycles. The number of benzene rings is 3. The molecule has 0 aromatic heterocycles. The Bertz CT molecular complexity index is 1220. The number of halogens is 2. The summed E-state index contributed by atoms with van der Waals surface area (Å²) < 4.78 is 25.2. The molecule has 8 nitrogen and oxygen atoms in total. The monoisotopic (exact) mass is 485 g/mol. The van der Waals surface area contributed by atoms with E-state index in [1.807, 2.05) is 0 Å². The molecule has 1 amide bonds. The molecule has 0 bridgehead atoms. The maximum absolute atomic E-state index is 13.9. The van der Waals surface area contributed by atoms with Crippen LogP contribution in [0.25, 0.3) is 0 Å². The molecule has 1 N–H and O–H groups in total. The summed E-state index contributed by atoms with van der Waals surface area (Å²) in [7, 11) is 0. The lowest BCUT2D eigenvalue weighted by Gasteiger charge is -2.14. The van der Waals surface area contributed by atoms with Crippen molar-refractivity contribution < 1.29 is 23.6 Å². The maximum Gasteiger partial charge on any atom is 0.273 e. The Balaban J connectivity index is 1.69. The van der Waals surface area contributed by atoms with Gasteiger partial charge in [-0.2, -0.15) is 5.10 Å². The van der Waals surface area contributed by atoms with Gasteiger partial charge >= 0.3 is 0 Å². The topological polar surface area (TPSA) is 103 Å². The number of nitro benzene ring substituents is 1. The summed E-state index contributed by atoms with van der Waals surface area (Å²) >= 11 is 6.36. The molecule has 10 heteroatoms. The number of hydrazone groups is 1. The summed E-state index contributed by atoms with van der Waals surface area (Å²) in [4.78, 5) is 22.7. The van der Waals surface area contributed by atoms with Crippen molar-refractivity contribution in [1.82, 2.24) is 5.43 Å². The van der Waals surface area contributed by atoms with Crippen LogP contribution < -0.4 is 14.9 Å². The van der Waals surface area contributed by atoms with Crippen molar-refractivity contribution in [1.29, 1.82) is 0 Å². The van der Waals surface area contributed by atoms with E-state index in [2.05, 4.69) is 10.5 Å². The molecule has 176 valence electrons. The number of carbonyl (C=O) groups excluding carboxylic acids is 1. The summed E-state index contributed by atoms with van der Waals surface area (Å²) in [6, 6.07) is 15.4. The largest absolute Gasteiger partial charge is 0.490 e. The Hall–Kier alpha value is -3.98. The van der Waals surface area contributed by atoms with E-state index >= 15 is 0 Å². The van der Waals surface area contributed by atoms with E-state index in [-0.39, 0.29) is 35.1 Å². The second-order valence-corrected chi connectivity index (χ2v) is 7.41. The van der Waals surface area contributed by atoms with Crippen molar-refractivity contribution in [3.63, 3.8) is 0 Å². The summed E-state index contributed by atoms with van der Waals surface area (Å²) in [5.74, 6) is -0.327. The molecule has 0 spiro atoms. The smallest absolute Gasteiger partial charge is 0.273 e. The highest BCUT2D eigenvalue weighted by atomic mass is 35.5. The molecular weight excluding hydrogens is 465 g/mol. The molecule has 0 atom stereocenters. The van der Waals surface area contributed by atoms with Crippen LogP contribution in [0.2, 0.25) is 5.02 Å². The van der Waals surface area contributed by atoms with Crippen LogP contribution >= 0.6 is 11.6 Å². The van der Waals surface area contributed by atoms with E-state index in [9.17, 15) is 19.3 Å². The minimum atomic E-state index is -0.543. The van der Waals surface area contributed by atoms with Gasteiger partial charge in [0, 0.05) is 17.2 Å². The van der Waals surface area contributed by atoms with Gasteiger partial charge in [0.05, 0.1) is 29.2 Å². The molecule has 3 aromatic rings. The average Bonchev–Trinajstić information content (AvgIpc) is 2.80. The van der Waals surface area contributed by atoms with Crippen LogP contribution in [0.3, 0.4) is 0 Å². The third-order valence-electron chi connectivity index (χ3n) is 4.60. The number of hydrogen-bond acceptors (Lipinski definition) is 6. The third-order valence-corrected chi connectivity index (χ3v) is 4.88. The summed E-state index contributed by atoms with van der Waals surface area (Å²) in [5, 5.41) is 15.2. The SMILES string of the molecule is CCOc1cc(/C=N/NC(=O)Cc2ccccc2[N+](=O)[O-])cc(Cl)c1OCc1ccccc1F. The van der Waals surface area contributed by atoms with Gasteiger partial charge in [0.15, 0.2) is 11.5 Å². The Morgan fingerprint density at radius 3 is 2.56 bits per heavy atom. The van der Waals surface area contributed by atoms with Crippen molar-refractivity contribution in [2.24, 2.45) is 5.10 Å². The normalized spacial score (nSPS) is 10.8. The summed E-state index contributed by atoms with van der Waals surface area (Å²) in [5.41, 5.74) is 3.35. The van der Waals surface area contributed by atoms with Gasteiger partial charge < -0.3 is 9.47 Å². The van der Waals surface area contributed by atoms with E-state index < -0.39 is 16.6 Å². The fraction of sp³-hybridized carbons (Fsp3) is 0.167. The van der Waals surface area contributed by atoms with Crippen molar-refractivity contribution in [3.8, 4) is 11.5 Å². The second kappa shape index (κ2) is 11.8. The van der Waals surface area contributed by atoms with Gasteiger partial charge in [0.2, 0.25) is 5.91 Å². The van der Waals surface area contributed by atoms with E-state index in [1.54, 1.807) is 43.3 Å². The lowest BCUT2D eigenvalue weighted by Crippen LogP contribution is -2.20. The van der Waals surface area contributed by atoms with E-state index in [4.69, 9.17) is 21.1 Å². The molecule has 0 saturated heterocycles. The lowest BCUT2D eigenvalue weighted by atomic mass is 10.1. The number of rotatable bonds is 10. The predicted molar refractivity (Wildman–Crippen MR) is 126 cm³/mol. The summed E-state index contributed by atoms with van der Waals surface area (Å²) in [6.07, 6.45) is 1.15. The van der Waals surface area contributed by atoms with Crippen molar-refractivity contribution >= 4 is 29.4 Å². The van der Waals surface area contributed by atoms with Crippen molar-refractivity contribution in [2.75, 3.05) is 6.61 Å². The first-order valence-corrected chi connectivity index (χ1v) is 10.6. The number of para-hydroxylation sites is 1. The molecule has 0 aliphatic carbocycles. The van der Waals surface area contributed by atoms with Crippen LogP contribution in [0.5, 0.6) is 11.5 Å². The fourth-order valence-electron chi connectivity index (χ4n) is 3.06. The van der Waals surface area contributed by atoms with Crippen LogP contribution in [0, 0.1) is 15.9 Å². The molecule has 0 aliphatic rings. The van der Waals surface area contributed by atoms with Gasteiger partial charge in [0.25, 0.3) is 5.69 Å². The number of nitrogens with zero attached hydrogens (tertiary/aromatic N) is 2. The predicted octanol–water partition coefficient (Wildman–Crippen LogP) is 5.06. The van der Waals surface area contributed by atoms with Crippen LogP contribution in [0.15, 0.2) is 65.8 Å². The molecule has 0 fully saturated rings. The number of ether oxygens (including phenoxy) is 2. The van der Waals surface area contributed by atoms with Crippen molar-refractivity contribution in [2.45, 2.75) is 20.0 Å². The van der Waals surface area contributed by atoms with E-state index in [0.717, 1.165) is 0 Å². The first kappa shape index (κ1) is 24.7. The zero-order chi connectivity index (χ0) is 24.5. The van der Waals surface area contributed by atoms with Crippen LogP contribution in [0.4, 0.5) is 10.1 Å². The molecule has 0 saturated carbocycles. The van der Waals surface area contributed by atoms with E-state index in [0.29, 0.717) is 23.5 Å². The van der Waals surface area contributed by atoms with Gasteiger partial charge in [-0.25, -0.2) is 9.82 Å². The highest BCUT2D eigenvalue weighted by Gasteiger charge is 2.16. The van der Waals surface area contributed by atoms with Crippen LogP contribution in [-0.2, 0) is 17.8 Å². The zero-order valence-corrected chi connectivity index (χ0v) is 18.9. The van der Waals surface area contributed by atoms with Crippen LogP contribution in [0.1, 0.15) is 23.6 Å². The Morgan fingerprint density at radius 1 is 1.15 bits per heavy atom. The number of nitro groups is 1.